The summed E-state index contributed by atoms with van der Waals surface area (Å²) in [6.07, 6.45) is 1.53. The second-order valence-corrected chi connectivity index (χ2v) is 6.33. The molecular weight excluding hydrogens is 383 g/mol. The van der Waals surface area contributed by atoms with Crippen LogP contribution in [0.25, 0.3) is 0 Å². The minimum Gasteiger partial charge on any atom is -0.463 e. The maximum Gasteiger partial charge on any atom is 0.338 e. The van der Waals surface area contributed by atoms with Crippen molar-refractivity contribution in [2.24, 2.45) is 0 Å². The topological polar surface area (TPSA) is 50.4 Å². The van der Waals surface area contributed by atoms with Gasteiger partial charge in [0.25, 0.3) is 0 Å². The Kier molecular flexibility index (Phi) is 6.12. The van der Waals surface area contributed by atoms with Crippen LogP contribution in [0.2, 0.25) is 0 Å². The van der Waals surface area contributed by atoms with Gasteiger partial charge in [0.05, 0.1) is 22.7 Å². The van der Waals surface area contributed by atoms with Crippen molar-refractivity contribution in [1.82, 2.24) is 10.6 Å². The lowest BCUT2D eigenvalue weighted by Gasteiger charge is -2.31. The molecule has 1 aliphatic heterocycles. The van der Waals surface area contributed by atoms with Gasteiger partial charge in [0, 0.05) is 5.70 Å². The van der Waals surface area contributed by atoms with E-state index in [1.165, 1.54) is 6.07 Å². The number of esters is 1. The molecule has 1 aliphatic rings. The summed E-state index contributed by atoms with van der Waals surface area (Å²) in [5, 5.41) is 6.56. The van der Waals surface area contributed by atoms with Gasteiger partial charge in [-0.3, -0.25) is 0 Å². The summed E-state index contributed by atoms with van der Waals surface area (Å²) in [6, 6.07) is 4.16. The molecule has 124 valence electrons. The predicted octanol–water partition coefficient (Wildman–Crippen LogP) is 3.72. The molecule has 1 aromatic carbocycles. The predicted molar refractivity (Wildman–Crippen MR) is 94.3 cm³/mol. The lowest BCUT2D eigenvalue weighted by atomic mass is 9.94. The largest absolute Gasteiger partial charge is 0.463 e. The van der Waals surface area contributed by atoms with E-state index < -0.39 is 12.0 Å². The molecular formula is C16H18BrFN2O2S. The van der Waals surface area contributed by atoms with Gasteiger partial charge in [-0.2, -0.15) is 0 Å². The molecule has 0 amide bonds. The van der Waals surface area contributed by atoms with E-state index in [-0.39, 0.29) is 12.4 Å². The normalized spacial score (nSPS) is 17.6. The first-order valence-electron chi connectivity index (χ1n) is 7.40. The van der Waals surface area contributed by atoms with E-state index in [2.05, 4.69) is 26.6 Å². The van der Waals surface area contributed by atoms with E-state index >= 15 is 0 Å². The van der Waals surface area contributed by atoms with E-state index in [9.17, 15) is 9.18 Å². The van der Waals surface area contributed by atoms with Gasteiger partial charge in [0.15, 0.2) is 5.11 Å². The van der Waals surface area contributed by atoms with Gasteiger partial charge in [0.2, 0.25) is 0 Å². The summed E-state index contributed by atoms with van der Waals surface area (Å²) in [5.74, 6) is -0.760. The number of carbonyl (C=O) groups excluding carboxylic acids is 1. The van der Waals surface area contributed by atoms with Crippen LogP contribution in [0.4, 0.5) is 4.39 Å². The van der Waals surface area contributed by atoms with Crippen molar-refractivity contribution in [2.75, 3.05) is 6.61 Å². The number of carbonyl (C=O) groups is 1. The van der Waals surface area contributed by atoms with Crippen LogP contribution in [0.15, 0.2) is 33.9 Å². The van der Waals surface area contributed by atoms with Gasteiger partial charge in [-0.05, 0) is 59.2 Å². The van der Waals surface area contributed by atoms with Crippen molar-refractivity contribution in [1.29, 1.82) is 0 Å². The van der Waals surface area contributed by atoms with Gasteiger partial charge in [-0.25, -0.2) is 9.18 Å². The Morgan fingerprint density at radius 2 is 2.17 bits per heavy atom. The first-order valence-corrected chi connectivity index (χ1v) is 8.60. The Hall–Kier alpha value is -1.47. The standard InChI is InChI=1S/C16H18BrFN2O2S/c1-3-5-12-13(15(21)22-4-2)14(20-16(23)19-12)9-6-7-11(18)10(17)8-9/h6-8,14H,3-5H2,1-2H3,(H2,19,20,23). The van der Waals surface area contributed by atoms with Crippen LogP contribution in [0.5, 0.6) is 0 Å². The number of nitrogens with one attached hydrogen (secondary N) is 2. The van der Waals surface area contributed by atoms with Crippen LogP contribution in [0.3, 0.4) is 0 Å². The third-order valence-electron chi connectivity index (χ3n) is 3.43. The fraction of sp³-hybridized carbons (Fsp3) is 0.375. The molecule has 1 atom stereocenters. The number of allylic oxidation sites excluding steroid dienone is 1. The highest BCUT2D eigenvalue weighted by Crippen LogP contribution is 2.31. The summed E-state index contributed by atoms with van der Waals surface area (Å²) in [5.41, 5.74) is 1.97. The lowest BCUT2D eigenvalue weighted by Crippen LogP contribution is -2.45. The van der Waals surface area contributed by atoms with Gasteiger partial charge in [0.1, 0.15) is 5.82 Å². The Morgan fingerprint density at radius 3 is 2.78 bits per heavy atom. The number of hydrogen-bond acceptors (Lipinski definition) is 3. The van der Waals surface area contributed by atoms with Gasteiger partial charge in [-0.15, -0.1) is 0 Å². The molecule has 1 aromatic rings. The van der Waals surface area contributed by atoms with Crippen molar-refractivity contribution in [3.63, 3.8) is 0 Å². The zero-order chi connectivity index (χ0) is 17.0. The zero-order valence-corrected chi connectivity index (χ0v) is 15.3. The van der Waals surface area contributed by atoms with Crippen molar-refractivity contribution in [2.45, 2.75) is 32.7 Å². The van der Waals surface area contributed by atoms with Crippen LogP contribution in [-0.2, 0) is 9.53 Å². The van der Waals surface area contributed by atoms with E-state index in [1.54, 1.807) is 19.1 Å². The Balaban J connectivity index is 2.51. The second-order valence-electron chi connectivity index (χ2n) is 5.07. The van der Waals surface area contributed by atoms with E-state index in [0.29, 0.717) is 21.6 Å². The molecule has 23 heavy (non-hydrogen) atoms. The van der Waals surface area contributed by atoms with E-state index in [1.807, 2.05) is 6.92 Å². The summed E-state index contributed by atoms with van der Waals surface area (Å²) < 4.78 is 19.0. The highest BCUT2D eigenvalue weighted by atomic mass is 79.9. The molecule has 0 saturated carbocycles. The summed E-state index contributed by atoms with van der Waals surface area (Å²) >= 11 is 8.42. The maximum atomic E-state index is 13.5. The fourth-order valence-corrected chi connectivity index (χ4v) is 3.09. The van der Waals surface area contributed by atoms with Gasteiger partial charge in [-0.1, -0.05) is 19.4 Å². The third-order valence-corrected chi connectivity index (χ3v) is 4.25. The zero-order valence-electron chi connectivity index (χ0n) is 12.9. The number of hydrogen-bond donors (Lipinski definition) is 2. The Morgan fingerprint density at radius 1 is 1.43 bits per heavy atom. The fourth-order valence-electron chi connectivity index (χ4n) is 2.46. The molecule has 2 rings (SSSR count). The molecule has 0 radical (unpaired) electrons. The molecule has 0 saturated heterocycles. The molecule has 7 heteroatoms. The summed E-state index contributed by atoms with van der Waals surface area (Å²) in [7, 11) is 0. The SMILES string of the molecule is CCCC1=C(C(=O)OCC)C(c2ccc(F)c(Br)c2)NC(=S)N1. The minimum absolute atomic E-state index is 0.284. The quantitative estimate of drug-likeness (QED) is 0.582. The Labute approximate surface area is 148 Å². The number of rotatable bonds is 5. The smallest absolute Gasteiger partial charge is 0.338 e. The van der Waals surface area contributed by atoms with Crippen molar-refractivity contribution < 1.29 is 13.9 Å². The maximum absolute atomic E-state index is 13.5. The highest BCUT2D eigenvalue weighted by molar-refractivity contribution is 9.10. The minimum atomic E-state index is -0.471. The molecule has 1 heterocycles. The molecule has 1 unspecified atom stereocenters. The average Bonchev–Trinajstić information content (AvgIpc) is 2.50. The van der Waals surface area contributed by atoms with Crippen LogP contribution < -0.4 is 10.6 Å². The second kappa shape index (κ2) is 7.88. The molecule has 0 aromatic heterocycles. The summed E-state index contributed by atoms with van der Waals surface area (Å²) in [6.45, 7) is 4.06. The van der Waals surface area contributed by atoms with Crippen molar-refractivity contribution in [3.8, 4) is 0 Å². The number of ether oxygens (including phenoxy) is 1. The third kappa shape index (κ3) is 4.09. The molecule has 0 spiro atoms. The lowest BCUT2D eigenvalue weighted by molar-refractivity contribution is -0.139. The molecule has 0 bridgehead atoms. The van der Waals surface area contributed by atoms with E-state index in [0.717, 1.165) is 17.7 Å². The van der Waals surface area contributed by atoms with Gasteiger partial charge < -0.3 is 15.4 Å². The average molecular weight is 401 g/mol. The van der Waals surface area contributed by atoms with Crippen molar-refractivity contribution >= 4 is 39.2 Å². The summed E-state index contributed by atoms with van der Waals surface area (Å²) in [4.78, 5) is 12.4. The highest BCUT2D eigenvalue weighted by Gasteiger charge is 2.32. The van der Waals surface area contributed by atoms with Crippen molar-refractivity contribution in [3.05, 3.63) is 45.3 Å². The van der Waals surface area contributed by atoms with Crippen LogP contribution in [-0.4, -0.2) is 17.7 Å². The number of thiocarbonyl (C=S) groups is 1. The van der Waals surface area contributed by atoms with E-state index in [4.69, 9.17) is 17.0 Å². The molecule has 0 fully saturated rings. The molecule has 0 aliphatic carbocycles. The van der Waals surface area contributed by atoms with Crippen LogP contribution in [0, 0.1) is 5.82 Å². The monoisotopic (exact) mass is 400 g/mol. The first-order chi connectivity index (χ1) is 11.0. The number of benzene rings is 1. The molecule has 4 nitrogen and oxygen atoms in total. The molecule has 2 N–H and O–H groups in total. The number of halogens is 2. The van der Waals surface area contributed by atoms with Crippen LogP contribution >= 0.6 is 28.1 Å². The van der Waals surface area contributed by atoms with Gasteiger partial charge >= 0.3 is 5.97 Å². The first kappa shape index (κ1) is 17.9. The van der Waals surface area contributed by atoms with Crippen LogP contribution in [0.1, 0.15) is 38.3 Å². The Bertz CT molecular complexity index is 663.